The largest absolute Gasteiger partial charge is 0.485 e. The van der Waals surface area contributed by atoms with Gasteiger partial charge in [-0.25, -0.2) is 0 Å². The molecule has 118 valence electrons. The molecule has 2 aromatic carbocycles. The van der Waals surface area contributed by atoms with E-state index in [9.17, 15) is 0 Å². The van der Waals surface area contributed by atoms with Gasteiger partial charge < -0.3 is 10.1 Å². The summed E-state index contributed by atoms with van der Waals surface area (Å²) < 4.78 is 6.29. The molecule has 1 heterocycles. The van der Waals surface area contributed by atoms with Crippen molar-refractivity contribution in [2.45, 2.75) is 13.0 Å². The Labute approximate surface area is 147 Å². The minimum atomic E-state index is -0.0119. The van der Waals surface area contributed by atoms with Crippen molar-refractivity contribution in [1.82, 2.24) is 5.32 Å². The average molecular weight is 359 g/mol. The molecular formula is C17H18Cl3NO. The maximum Gasteiger partial charge on any atom is 0.129 e. The summed E-state index contributed by atoms with van der Waals surface area (Å²) in [6.07, 6.45) is -0.0119. The van der Waals surface area contributed by atoms with Gasteiger partial charge >= 0.3 is 0 Å². The molecule has 1 N–H and O–H groups in total. The number of para-hydroxylation sites is 1. The summed E-state index contributed by atoms with van der Waals surface area (Å²) in [5.74, 6) is 1.36. The number of rotatable bonds is 4. The molecule has 1 fully saturated rings. The molecule has 0 bridgehead atoms. The summed E-state index contributed by atoms with van der Waals surface area (Å²) in [5.41, 5.74) is 2.20. The van der Waals surface area contributed by atoms with Gasteiger partial charge in [0.05, 0.1) is 10.0 Å². The summed E-state index contributed by atoms with van der Waals surface area (Å²) in [7, 11) is 0. The number of aryl methyl sites for hydroxylation is 1. The number of nitrogens with one attached hydrogen (secondary N) is 1. The van der Waals surface area contributed by atoms with E-state index in [1.165, 1.54) is 0 Å². The van der Waals surface area contributed by atoms with Gasteiger partial charge in [0.25, 0.3) is 0 Å². The molecule has 1 aliphatic heterocycles. The lowest BCUT2D eigenvalue weighted by Crippen LogP contribution is -2.46. The van der Waals surface area contributed by atoms with Crippen molar-refractivity contribution in [3.63, 3.8) is 0 Å². The van der Waals surface area contributed by atoms with Crippen molar-refractivity contribution in [3.05, 3.63) is 63.6 Å². The molecular weight excluding hydrogens is 341 g/mol. The van der Waals surface area contributed by atoms with E-state index in [0.717, 1.165) is 30.0 Å². The van der Waals surface area contributed by atoms with E-state index in [2.05, 4.69) is 18.3 Å². The zero-order chi connectivity index (χ0) is 14.8. The first-order valence-corrected chi connectivity index (χ1v) is 7.78. The Morgan fingerprint density at radius 1 is 1.09 bits per heavy atom. The first kappa shape index (κ1) is 17.4. The number of benzene rings is 2. The molecule has 2 nitrogen and oxygen atoms in total. The molecule has 3 rings (SSSR count). The van der Waals surface area contributed by atoms with Crippen LogP contribution in [0.1, 0.15) is 17.2 Å². The van der Waals surface area contributed by atoms with Gasteiger partial charge in [-0.1, -0.05) is 47.5 Å². The summed E-state index contributed by atoms with van der Waals surface area (Å²) in [5, 5.41) is 4.44. The maximum absolute atomic E-state index is 6.29. The molecule has 1 atom stereocenters. The zero-order valence-corrected chi connectivity index (χ0v) is 14.5. The van der Waals surface area contributed by atoms with Crippen LogP contribution in [0.2, 0.25) is 10.0 Å². The van der Waals surface area contributed by atoms with Crippen molar-refractivity contribution in [2.24, 2.45) is 5.92 Å². The summed E-state index contributed by atoms with van der Waals surface area (Å²) in [6, 6.07) is 13.8. The Morgan fingerprint density at radius 2 is 1.82 bits per heavy atom. The average Bonchev–Trinajstić information content (AvgIpc) is 2.41. The molecule has 2 aromatic rings. The van der Waals surface area contributed by atoms with E-state index in [1.807, 2.05) is 36.4 Å². The first-order valence-electron chi connectivity index (χ1n) is 7.03. The second-order valence-electron chi connectivity index (χ2n) is 5.40. The highest BCUT2D eigenvalue weighted by molar-refractivity contribution is 6.42. The number of halogens is 3. The molecule has 1 saturated heterocycles. The molecule has 5 heteroatoms. The van der Waals surface area contributed by atoms with E-state index < -0.39 is 0 Å². The van der Waals surface area contributed by atoms with Crippen LogP contribution in [0.15, 0.2) is 42.5 Å². The van der Waals surface area contributed by atoms with Crippen LogP contribution in [-0.4, -0.2) is 13.1 Å². The van der Waals surface area contributed by atoms with Crippen molar-refractivity contribution in [1.29, 1.82) is 0 Å². The van der Waals surface area contributed by atoms with Gasteiger partial charge in [-0.3, -0.25) is 0 Å². The van der Waals surface area contributed by atoms with E-state index in [0.29, 0.717) is 16.0 Å². The Balaban J connectivity index is 0.00000176. The minimum absolute atomic E-state index is 0. The summed E-state index contributed by atoms with van der Waals surface area (Å²) in [4.78, 5) is 0. The Hall–Kier alpha value is -0.930. The maximum atomic E-state index is 6.29. The van der Waals surface area contributed by atoms with Crippen LogP contribution in [0, 0.1) is 12.8 Å². The van der Waals surface area contributed by atoms with E-state index in [4.69, 9.17) is 27.9 Å². The number of ether oxygens (including phenoxy) is 1. The molecule has 22 heavy (non-hydrogen) atoms. The summed E-state index contributed by atoms with van der Waals surface area (Å²) >= 11 is 12.2. The van der Waals surface area contributed by atoms with Crippen LogP contribution in [0.5, 0.6) is 5.75 Å². The molecule has 0 amide bonds. The Morgan fingerprint density at radius 3 is 2.41 bits per heavy atom. The van der Waals surface area contributed by atoms with Gasteiger partial charge in [0.2, 0.25) is 0 Å². The third kappa shape index (κ3) is 3.69. The third-order valence-electron chi connectivity index (χ3n) is 3.86. The van der Waals surface area contributed by atoms with Gasteiger partial charge in [-0.15, -0.1) is 12.4 Å². The quantitative estimate of drug-likeness (QED) is 0.824. The lowest BCUT2D eigenvalue weighted by atomic mass is 9.90. The fourth-order valence-corrected chi connectivity index (χ4v) is 2.78. The van der Waals surface area contributed by atoms with Gasteiger partial charge in [0, 0.05) is 19.0 Å². The predicted octanol–water partition coefficient (Wildman–Crippen LogP) is 5.06. The van der Waals surface area contributed by atoms with Crippen LogP contribution >= 0.6 is 35.6 Å². The predicted molar refractivity (Wildman–Crippen MR) is 94.6 cm³/mol. The highest BCUT2D eigenvalue weighted by atomic mass is 35.5. The SMILES string of the molecule is Cc1ccccc1OC(c1ccc(Cl)c(Cl)c1)C1CNC1.Cl. The van der Waals surface area contributed by atoms with Crippen LogP contribution in [0.4, 0.5) is 0 Å². The Bertz CT molecular complexity index is 644. The molecule has 0 radical (unpaired) electrons. The molecule has 1 unspecified atom stereocenters. The fraction of sp³-hybridized carbons (Fsp3) is 0.294. The lowest BCUT2D eigenvalue weighted by molar-refractivity contribution is 0.0986. The molecule has 0 aliphatic carbocycles. The zero-order valence-electron chi connectivity index (χ0n) is 12.2. The summed E-state index contributed by atoms with van der Waals surface area (Å²) in [6.45, 7) is 3.97. The van der Waals surface area contributed by atoms with E-state index in [-0.39, 0.29) is 18.5 Å². The van der Waals surface area contributed by atoms with E-state index in [1.54, 1.807) is 0 Å². The standard InChI is InChI=1S/C17H17Cl2NO.ClH/c1-11-4-2-3-5-16(11)21-17(13-9-20-10-13)12-6-7-14(18)15(19)8-12;/h2-8,13,17,20H,9-10H2,1H3;1H. The molecule has 0 saturated carbocycles. The van der Waals surface area contributed by atoms with Gasteiger partial charge in [-0.05, 0) is 36.2 Å². The molecule has 0 aromatic heterocycles. The van der Waals surface area contributed by atoms with Crippen molar-refractivity contribution < 1.29 is 4.74 Å². The van der Waals surface area contributed by atoms with Crippen molar-refractivity contribution in [2.75, 3.05) is 13.1 Å². The number of hydrogen-bond donors (Lipinski definition) is 1. The van der Waals surface area contributed by atoms with Crippen molar-refractivity contribution >= 4 is 35.6 Å². The fourth-order valence-electron chi connectivity index (χ4n) is 2.48. The smallest absolute Gasteiger partial charge is 0.129 e. The Kier molecular flexibility index (Phi) is 5.99. The monoisotopic (exact) mass is 357 g/mol. The van der Waals surface area contributed by atoms with Crippen LogP contribution in [0.3, 0.4) is 0 Å². The minimum Gasteiger partial charge on any atom is -0.485 e. The molecule has 1 aliphatic rings. The topological polar surface area (TPSA) is 21.3 Å². The normalized spacial score (nSPS) is 15.6. The van der Waals surface area contributed by atoms with Crippen LogP contribution in [0.25, 0.3) is 0 Å². The van der Waals surface area contributed by atoms with E-state index >= 15 is 0 Å². The second-order valence-corrected chi connectivity index (χ2v) is 6.21. The molecule has 0 spiro atoms. The van der Waals surface area contributed by atoms with Crippen LogP contribution < -0.4 is 10.1 Å². The first-order chi connectivity index (χ1) is 10.1. The van der Waals surface area contributed by atoms with Gasteiger partial charge in [-0.2, -0.15) is 0 Å². The van der Waals surface area contributed by atoms with Gasteiger partial charge in [0.15, 0.2) is 0 Å². The third-order valence-corrected chi connectivity index (χ3v) is 4.60. The second kappa shape index (κ2) is 7.56. The highest BCUT2D eigenvalue weighted by Crippen LogP contribution is 2.34. The highest BCUT2D eigenvalue weighted by Gasteiger charge is 2.30. The van der Waals surface area contributed by atoms with Crippen molar-refractivity contribution in [3.8, 4) is 5.75 Å². The van der Waals surface area contributed by atoms with Gasteiger partial charge in [0.1, 0.15) is 11.9 Å². The van der Waals surface area contributed by atoms with Crippen LogP contribution in [-0.2, 0) is 0 Å². The lowest BCUT2D eigenvalue weighted by Gasteiger charge is -2.35. The number of hydrogen-bond acceptors (Lipinski definition) is 2.